The zero-order valence-electron chi connectivity index (χ0n) is 9.69. The first-order chi connectivity index (χ1) is 7.66. The summed E-state index contributed by atoms with van der Waals surface area (Å²) in [6.45, 7) is 4.73. The summed E-state index contributed by atoms with van der Waals surface area (Å²) in [5, 5.41) is 0.987. The summed E-state index contributed by atoms with van der Waals surface area (Å²) in [4.78, 5) is 8.55. The van der Waals surface area contributed by atoms with E-state index in [0.29, 0.717) is 11.9 Å². The van der Waals surface area contributed by atoms with E-state index >= 15 is 0 Å². The predicted octanol–water partition coefficient (Wildman–Crippen LogP) is 1.95. The van der Waals surface area contributed by atoms with Gasteiger partial charge < -0.3 is 10.5 Å². The maximum atomic E-state index is 5.81. The molecule has 16 heavy (non-hydrogen) atoms. The molecule has 1 aliphatic heterocycles. The number of aryl methyl sites for hydroxylation is 1. The Morgan fingerprint density at radius 1 is 1.44 bits per heavy atom. The molecule has 0 saturated carbocycles. The van der Waals surface area contributed by atoms with Crippen LogP contribution in [0.4, 0.5) is 5.82 Å². The number of anilines is 1. The van der Waals surface area contributed by atoms with Gasteiger partial charge in [0.25, 0.3) is 0 Å². The molecule has 5 heteroatoms. The topological polar surface area (TPSA) is 61.0 Å². The van der Waals surface area contributed by atoms with E-state index in [1.807, 2.05) is 13.8 Å². The Balaban J connectivity index is 2.02. The molecule has 0 aromatic carbocycles. The summed E-state index contributed by atoms with van der Waals surface area (Å²) in [5.74, 6) is 2.27. The van der Waals surface area contributed by atoms with Crippen molar-refractivity contribution in [1.29, 1.82) is 0 Å². The van der Waals surface area contributed by atoms with E-state index in [0.717, 1.165) is 35.2 Å². The second kappa shape index (κ2) is 5.01. The molecule has 0 radical (unpaired) electrons. The molecule has 1 atom stereocenters. The van der Waals surface area contributed by atoms with Crippen molar-refractivity contribution in [2.24, 2.45) is 0 Å². The molecule has 1 unspecified atom stereocenters. The van der Waals surface area contributed by atoms with Gasteiger partial charge in [-0.25, -0.2) is 9.97 Å². The van der Waals surface area contributed by atoms with Gasteiger partial charge in [-0.15, -0.1) is 11.8 Å². The van der Waals surface area contributed by atoms with Crippen molar-refractivity contribution < 1.29 is 4.74 Å². The van der Waals surface area contributed by atoms with Gasteiger partial charge in [-0.1, -0.05) is 0 Å². The molecule has 0 amide bonds. The third-order valence-electron chi connectivity index (χ3n) is 2.68. The molecule has 0 spiro atoms. The van der Waals surface area contributed by atoms with Gasteiger partial charge in [-0.05, 0) is 26.7 Å². The molecule has 88 valence electrons. The van der Waals surface area contributed by atoms with Crippen molar-refractivity contribution in [3.63, 3.8) is 0 Å². The Morgan fingerprint density at radius 2 is 2.25 bits per heavy atom. The van der Waals surface area contributed by atoms with Crippen LogP contribution in [-0.4, -0.2) is 28.4 Å². The van der Waals surface area contributed by atoms with Crippen LogP contribution in [-0.2, 0) is 4.74 Å². The minimum absolute atomic E-state index is 0.376. The molecule has 2 rings (SSSR count). The van der Waals surface area contributed by atoms with Crippen LogP contribution in [0.1, 0.15) is 24.2 Å². The van der Waals surface area contributed by atoms with Crippen molar-refractivity contribution in [1.82, 2.24) is 9.97 Å². The molecule has 1 fully saturated rings. The van der Waals surface area contributed by atoms with Crippen LogP contribution in [0.2, 0.25) is 0 Å². The first-order valence-corrected chi connectivity index (χ1v) is 6.50. The van der Waals surface area contributed by atoms with Crippen molar-refractivity contribution in [3.05, 3.63) is 11.4 Å². The Morgan fingerprint density at radius 3 is 2.94 bits per heavy atom. The lowest BCUT2D eigenvalue weighted by atomic mass is 10.3. The Bertz CT molecular complexity index is 378. The lowest BCUT2D eigenvalue weighted by Gasteiger charge is -2.11. The highest BCUT2D eigenvalue weighted by atomic mass is 32.2. The predicted molar refractivity (Wildman–Crippen MR) is 65.6 cm³/mol. The minimum Gasteiger partial charge on any atom is -0.383 e. The minimum atomic E-state index is 0.376. The van der Waals surface area contributed by atoms with Crippen LogP contribution in [0.25, 0.3) is 0 Å². The van der Waals surface area contributed by atoms with Crippen molar-refractivity contribution >= 4 is 17.6 Å². The van der Waals surface area contributed by atoms with Gasteiger partial charge in [-0.2, -0.15) is 0 Å². The standard InChI is InChI=1S/C11H17N3OS/c1-7-10(12)13-8(2)14-11(7)16-6-9-4-3-5-15-9/h9H,3-6H2,1-2H3,(H2,12,13,14). The molecule has 0 aliphatic carbocycles. The monoisotopic (exact) mass is 239 g/mol. The summed E-state index contributed by atoms with van der Waals surface area (Å²) in [6.07, 6.45) is 2.71. The summed E-state index contributed by atoms with van der Waals surface area (Å²) in [6, 6.07) is 0. The third-order valence-corrected chi connectivity index (χ3v) is 3.89. The van der Waals surface area contributed by atoms with Gasteiger partial charge in [0.2, 0.25) is 0 Å². The molecule has 1 aromatic rings. The highest BCUT2D eigenvalue weighted by molar-refractivity contribution is 7.99. The van der Waals surface area contributed by atoms with E-state index in [9.17, 15) is 0 Å². The third kappa shape index (κ3) is 2.65. The molecular formula is C11H17N3OS. The lowest BCUT2D eigenvalue weighted by Crippen LogP contribution is -2.09. The number of nitrogen functional groups attached to an aromatic ring is 1. The molecular weight excluding hydrogens is 222 g/mol. The Hall–Kier alpha value is -0.810. The van der Waals surface area contributed by atoms with Crippen LogP contribution < -0.4 is 5.73 Å². The molecule has 4 nitrogen and oxygen atoms in total. The second-order valence-corrected chi connectivity index (χ2v) is 5.04. The molecule has 1 aliphatic rings. The number of nitrogens with two attached hydrogens (primary N) is 1. The fourth-order valence-electron chi connectivity index (χ4n) is 1.71. The number of hydrogen-bond donors (Lipinski definition) is 1. The van der Waals surface area contributed by atoms with E-state index in [1.54, 1.807) is 11.8 Å². The molecule has 0 bridgehead atoms. The number of aromatic nitrogens is 2. The smallest absolute Gasteiger partial charge is 0.131 e. The molecule has 1 saturated heterocycles. The van der Waals surface area contributed by atoms with E-state index in [-0.39, 0.29) is 0 Å². The maximum absolute atomic E-state index is 5.81. The van der Waals surface area contributed by atoms with Crippen LogP contribution >= 0.6 is 11.8 Å². The quantitative estimate of drug-likeness (QED) is 0.645. The lowest BCUT2D eigenvalue weighted by molar-refractivity contribution is 0.129. The average Bonchev–Trinajstić information content (AvgIpc) is 2.74. The van der Waals surface area contributed by atoms with Gasteiger partial charge in [0.1, 0.15) is 16.7 Å². The summed E-state index contributed by atoms with van der Waals surface area (Å²) >= 11 is 1.72. The van der Waals surface area contributed by atoms with E-state index in [4.69, 9.17) is 10.5 Å². The average molecular weight is 239 g/mol. The highest BCUT2D eigenvalue weighted by Crippen LogP contribution is 2.26. The summed E-state index contributed by atoms with van der Waals surface area (Å²) < 4.78 is 5.58. The van der Waals surface area contributed by atoms with E-state index in [2.05, 4.69) is 9.97 Å². The van der Waals surface area contributed by atoms with Crippen LogP contribution in [0.3, 0.4) is 0 Å². The number of ether oxygens (including phenoxy) is 1. The number of rotatable bonds is 3. The SMILES string of the molecule is Cc1nc(N)c(C)c(SCC2CCCO2)n1. The maximum Gasteiger partial charge on any atom is 0.131 e. The van der Waals surface area contributed by atoms with Crippen molar-refractivity contribution in [3.8, 4) is 0 Å². The Kier molecular flexibility index (Phi) is 3.66. The van der Waals surface area contributed by atoms with Crippen LogP contribution in [0, 0.1) is 13.8 Å². The number of hydrogen-bond acceptors (Lipinski definition) is 5. The van der Waals surface area contributed by atoms with Gasteiger partial charge in [-0.3, -0.25) is 0 Å². The zero-order chi connectivity index (χ0) is 11.5. The zero-order valence-corrected chi connectivity index (χ0v) is 10.5. The van der Waals surface area contributed by atoms with Gasteiger partial charge in [0.05, 0.1) is 6.10 Å². The molecule has 1 aromatic heterocycles. The van der Waals surface area contributed by atoms with Gasteiger partial charge in [0, 0.05) is 17.9 Å². The first-order valence-electron chi connectivity index (χ1n) is 5.52. The summed E-state index contributed by atoms with van der Waals surface area (Å²) in [7, 11) is 0. The highest BCUT2D eigenvalue weighted by Gasteiger charge is 2.17. The largest absolute Gasteiger partial charge is 0.383 e. The first kappa shape index (κ1) is 11.7. The van der Waals surface area contributed by atoms with E-state index < -0.39 is 0 Å². The molecule has 2 heterocycles. The molecule has 2 N–H and O–H groups in total. The van der Waals surface area contributed by atoms with Crippen molar-refractivity contribution in [2.45, 2.75) is 37.8 Å². The Labute approximate surface area is 100.0 Å². The van der Waals surface area contributed by atoms with Crippen LogP contribution in [0.5, 0.6) is 0 Å². The number of thioether (sulfide) groups is 1. The van der Waals surface area contributed by atoms with Crippen LogP contribution in [0.15, 0.2) is 5.03 Å². The van der Waals surface area contributed by atoms with Crippen molar-refractivity contribution in [2.75, 3.05) is 18.1 Å². The van der Waals surface area contributed by atoms with Gasteiger partial charge >= 0.3 is 0 Å². The number of nitrogens with zero attached hydrogens (tertiary/aromatic N) is 2. The normalized spacial score (nSPS) is 20.2. The van der Waals surface area contributed by atoms with Gasteiger partial charge in [0.15, 0.2) is 0 Å². The summed E-state index contributed by atoms with van der Waals surface area (Å²) in [5.41, 5.74) is 6.79. The fraction of sp³-hybridized carbons (Fsp3) is 0.636. The fourth-order valence-corrected chi connectivity index (χ4v) is 2.84. The second-order valence-electron chi connectivity index (χ2n) is 4.03. The van der Waals surface area contributed by atoms with E-state index in [1.165, 1.54) is 6.42 Å².